The molecule has 0 saturated heterocycles. The summed E-state index contributed by atoms with van der Waals surface area (Å²) in [4.78, 5) is 12.3. The molecule has 2 aromatic carbocycles. The summed E-state index contributed by atoms with van der Waals surface area (Å²) in [5.41, 5.74) is -2.35. The second-order valence-electron chi connectivity index (χ2n) is 6.45. The zero-order chi connectivity index (χ0) is 21.9. The highest BCUT2D eigenvalue weighted by Gasteiger charge is 2.37. The fourth-order valence-electron chi connectivity index (χ4n) is 2.82. The standard InChI is InChI=1S/C20H15F6N3O/c21-19(22,23)16-8-15(9-17(10-16)20(24,25)26)18(30)27-11-13-4-1-2-5-14(13)12-29-7-3-6-28-29/h1-10H,11-12H2,(H,27,30). The van der Waals surface area contributed by atoms with E-state index >= 15 is 0 Å². The summed E-state index contributed by atoms with van der Waals surface area (Å²) in [5, 5.41) is 6.47. The smallest absolute Gasteiger partial charge is 0.348 e. The molecule has 3 aromatic rings. The van der Waals surface area contributed by atoms with E-state index < -0.39 is 35.0 Å². The second kappa shape index (κ2) is 8.21. The Labute approximate surface area is 167 Å². The highest BCUT2D eigenvalue weighted by atomic mass is 19.4. The molecular weight excluding hydrogens is 412 g/mol. The van der Waals surface area contributed by atoms with Crippen LogP contribution in [0.3, 0.4) is 0 Å². The molecule has 0 atom stereocenters. The van der Waals surface area contributed by atoms with Crippen LogP contribution < -0.4 is 5.32 Å². The maximum Gasteiger partial charge on any atom is 0.416 e. The zero-order valence-electron chi connectivity index (χ0n) is 15.3. The van der Waals surface area contributed by atoms with Crippen LogP contribution in [0.4, 0.5) is 26.3 Å². The topological polar surface area (TPSA) is 46.9 Å². The maximum atomic E-state index is 13.0. The summed E-state index contributed by atoms with van der Waals surface area (Å²) >= 11 is 0. The van der Waals surface area contributed by atoms with Gasteiger partial charge in [0.05, 0.1) is 17.7 Å². The first-order valence-corrected chi connectivity index (χ1v) is 8.66. The molecule has 0 aliphatic heterocycles. The highest BCUT2D eigenvalue weighted by Crippen LogP contribution is 2.36. The van der Waals surface area contributed by atoms with Crippen LogP contribution in [0.1, 0.15) is 32.6 Å². The van der Waals surface area contributed by atoms with Crippen molar-refractivity contribution in [2.75, 3.05) is 0 Å². The summed E-state index contributed by atoms with van der Waals surface area (Å²) in [6, 6.07) is 9.49. The Morgan fingerprint density at radius 3 is 2.03 bits per heavy atom. The van der Waals surface area contributed by atoms with Gasteiger partial charge in [0.2, 0.25) is 0 Å². The van der Waals surface area contributed by atoms with E-state index in [2.05, 4.69) is 10.4 Å². The van der Waals surface area contributed by atoms with Crippen LogP contribution in [0.25, 0.3) is 0 Å². The highest BCUT2D eigenvalue weighted by molar-refractivity contribution is 5.94. The van der Waals surface area contributed by atoms with Crippen LogP contribution >= 0.6 is 0 Å². The van der Waals surface area contributed by atoms with Crippen LogP contribution in [-0.2, 0) is 25.4 Å². The third-order valence-electron chi connectivity index (χ3n) is 4.30. The number of rotatable bonds is 5. The third-order valence-corrected chi connectivity index (χ3v) is 4.30. The van der Waals surface area contributed by atoms with Gasteiger partial charge in [-0.1, -0.05) is 24.3 Å². The minimum Gasteiger partial charge on any atom is -0.348 e. The quantitative estimate of drug-likeness (QED) is 0.589. The Hall–Kier alpha value is -3.30. The summed E-state index contributed by atoms with van der Waals surface area (Å²) in [5.74, 6) is -1.04. The Morgan fingerprint density at radius 2 is 1.50 bits per heavy atom. The number of halogens is 6. The fourth-order valence-corrected chi connectivity index (χ4v) is 2.82. The van der Waals surface area contributed by atoms with Gasteiger partial charge in [-0.2, -0.15) is 31.4 Å². The van der Waals surface area contributed by atoms with Gasteiger partial charge in [-0.05, 0) is 35.4 Å². The molecule has 0 radical (unpaired) electrons. The molecule has 1 aromatic heterocycles. The van der Waals surface area contributed by atoms with Crippen molar-refractivity contribution in [1.82, 2.24) is 15.1 Å². The molecule has 1 amide bonds. The largest absolute Gasteiger partial charge is 0.416 e. The first-order chi connectivity index (χ1) is 14.0. The summed E-state index contributed by atoms with van der Waals surface area (Å²) in [6.07, 6.45) is -6.72. The number of alkyl halides is 6. The normalized spacial score (nSPS) is 12.1. The van der Waals surface area contributed by atoms with Crippen molar-refractivity contribution in [3.8, 4) is 0 Å². The van der Waals surface area contributed by atoms with E-state index in [-0.39, 0.29) is 12.6 Å². The van der Waals surface area contributed by atoms with Crippen molar-refractivity contribution < 1.29 is 31.1 Å². The predicted octanol–water partition coefficient (Wildman–Crippen LogP) is 4.90. The van der Waals surface area contributed by atoms with Crippen LogP contribution in [0.5, 0.6) is 0 Å². The average Bonchev–Trinajstić information content (AvgIpc) is 3.18. The van der Waals surface area contributed by atoms with E-state index in [4.69, 9.17) is 0 Å². The lowest BCUT2D eigenvalue weighted by Gasteiger charge is -2.15. The van der Waals surface area contributed by atoms with Crippen molar-refractivity contribution in [2.45, 2.75) is 25.4 Å². The number of nitrogens with zero attached hydrogens (tertiary/aromatic N) is 2. The van der Waals surface area contributed by atoms with Crippen molar-refractivity contribution >= 4 is 5.91 Å². The lowest BCUT2D eigenvalue weighted by Crippen LogP contribution is -2.25. The molecule has 3 rings (SSSR count). The molecule has 0 spiro atoms. The van der Waals surface area contributed by atoms with E-state index in [0.717, 1.165) is 5.56 Å². The number of carbonyl (C=O) groups excluding carboxylic acids is 1. The van der Waals surface area contributed by atoms with E-state index in [1.54, 1.807) is 47.4 Å². The number of amides is 1. The lowest BCUT2D eigenvalue weighted by atomic mass is 10.0. The second-order valence-corrected chi connectivity index (χ2v) is 6.45. The number of hydrogen-bond acceptors (Lipinski definition) is 2. The van der Waals surface area contributed by atoms with E-state index in [9.17, 15) is 31.1 Å². The molecule has 10 heteroatoms. The van der Waals surface area contributed by atoms with Gasteiger partial charge in [-0.15, -0.1) is 0 Å². The molecule has 1 N–H and O–H groups in total. The Morgan fingerprint density at radius 1 is 0.900 bits per heavy atom. The van der Waals surface area contributed by atoms with Crippen molar-refractivity contribution in [1.29, 1.82) is 0 Å². The van der Waals surface area contributed by atoms with E-state index in [0.29, 0.717) is 24.2 Å². The Bertz CT molecular complexity index is 994. The molecule has 0 unspecified atom stereocenters. The van der Waals surface area contributed by atoms with Gasteiger partial charge in [0.25, 0.3) is 5.91 Å². The molecule has 4 nitrogen and oxygen atoms in total. The van der Waals surface area contributed by atoms with Crippen LogP contribution in [0, 0.1) is 0 Å². The predicted molar refractivity (Wildman–Crippen MR) is 95.4 cm³/mol. The van der Waals surface area contributed by atoms with Crippen molar-refractivity contribution in [3.63, 3.8) is 0 Å². The van der Waals surface area contributed by atoms with Gasteiger partial charge in [0.1, 0.15) is 0 Å². The van der Waals surface area contributed by atoms with Gasteiger partial charge in [-0.3, -0.25) is 9.48 Å². The number of nitrogens with one attached hydrogen (secondary N) is 1. The molecule has 0 aliphatic rings. The molecule has 0 saturated carbocycles. The number of hydrogen-bond donors (Lipinski definition) is 1. The van der Waals surface area contributed by atoms with Crippen LogP contribution in [-0.4, -0.2) is 15.7 Å². The zero-order valence-corrected chi connectivity index (χ0v) is 15.3. The van der Waals surface area contributed by atoms with Crippen molar-refractivity contribution in [2.24, 2.45) is 0 Å². The summed E-state index contributed by atoms with van der Waals surface area (Å²) in [7, 11) is 0. The first kappa shape index (κ1) is 21.4. The Balaban J connectivity index is 1.82. The minimum atomic E-state index is -5.02. The fraction of sp³-hybridized carbons (Fsp3) is 0.200. The number of carbonyl (C=O) groups is 1. The minimum absolute atomic E-state index is 0.0177. The van der Waals surface area contributed by atoms with E-state index in [1.165, 1.54) is 0 Å². The van der Waals surface area contributed by atoms with Gasteiger partial charge in [0.15, 0.2) is 0 Å². The lowest BCUT2D eigenvalue weighted by molar-refractivity contribution is -0.143. The van der Waals surface area contributed by atoms with E-state index in [1.807, 2.05) is 0 Å². The number of aromatic nitrogens is 2. The monoisotopic (exact) mass is 427 g/mol. The molecule has 30 heavy (non-hydrogen) atoms. The molecule has 0 aliphatic carbocycles. The van der Waals surface area contributed by atoms with Gasteiger partial charge in [-0.25, -0.2) is 0 Å². The molecule has 1 heterocycles. The third kappa shape index (κ3) is 5.19. The van der Waals surface area contributed by atoms with Crippen LogP contribution in [0.15, 0.2) is 60.9 Å². The Kier molecular flexibility index (Phi) is 5.86. The van der Waals surface area contributed by atoms with Crippen LogP contribution in [0.2, 0.25) is 0 Å². The first-order valence-electron chi connectivity index (χ1n) is 8.66. The molecule has 0 bridgehead atoms. The van der Waals surface area contributed by atoms with Gasteiger partial charge < -0.3 is 5.32 Å². The van der Waals surface area contributed by atoms with Gasteiger partial charge >= 0.3 is 12.4 Å². The molecule has 158 valence electrons. The number of benzene rings is 2. The SMILES string of the molecule is O=C(NCc1ccccc1Cn1cccn1)c1cc(C(F)(F)F)cc(C(F)(F)F)c1. The maximum absolute atomic E-state index is 13.0. The molecular formula is C20H15F6N3O. The summed E-state index contributed by atoms with van der Waals surface area (Å²) < 4.78 is 79.5. The van der Waals surface area contributed by atoms with Crippen molar-refractivity contribution in [3.05, 3.63) is 88.7 Å². The van der Waals surface area contributed by atoms with Gasteiger partial charge in [0, 0.05) is 24.5 Å². The average molecular weight is 427 g/mol. The molecule has 0 fully saturated rings. The summed E-state index contributed by atoms with van der Waals surface area (Å²) in [6.45, 7) is 0.314.